The van der Waals surface area contributed by atoms with Crippen LogP contribution in [0, 0.1) is 0 Å². The number of aromatic nitrogens is 2. The Morgan fingerprint density at radius 1 is 0.958 bits per heavy atom. The van der Waals surface area contributed by atoms with Crippen LogP contribution < -0.4 is 5.73 Å². The minimum atomic E-state index is 0.0895. The second kappa shape index (κ2) is 7.90. The predicted octanol–water partition coefficient (Wildman–Crippen LogP) is 3.12. The highest BCUT2D eigenvalue weighted by Gasteiger charge is 2.21. The molecule has 3 rings (SSSR count). The summed E-state index contributed by atoms with van der Waals surface area (Å²) in [6.45, 7) is 2.22. The van der Waals surface area contributed by atoms with Crippen LogP contribution in [0.5, 0.6) is 0 Å². The number of aryl methyl sites for hydroxylation is 1. The Kier molecular flexibility index (Phi) is 5.41. The van der Waals surface area contributed by atoms with Gasteiger partial charge < -0.3 is 10.3 Å². The molecule has 1 heterocycles. The molecule has 0 aliphatic heterocycles. The third-order valence-corrected chi connectivity index (χ3v) is 4.19. The SMILES string of the molecule is Cn1cnc(C(CN)N(Cc2ccccc2)Cc2ccccc2)c1. The van der Waals surface area contributed by atoms with Crippen molar-refractivity contribution in [2.45, 2.75) is 19.1 Å². The Morgan fingerprint density at radius 3 is 1.92 bits per heavy atom. The molecule has 4 heteroatoms. The van der Waals surface area contributed by atoms with Crippen molar-refractivity contribution in [1.82, 2.24) is 14.5 Å². The van der Waals surface area contributed by atoms with Crippen LogP contribution in [-0.4, -0.2) is 21.0 Å². The topological polar surface area (TPSA) is 47.1 Å². The maximum absolute atomic E-state index is 6.13. The number of nitrogens with zero attached hydrogens (tertiary/aromatic N) is 3. The maximum atomic E-state index is 6.13. The van der Waals surface area contributed by atoms with Crippen molar-refractivity contribution in [3.8, 4) is 0 Å². The van der Waals surface area contributed by atoms with E-state index >= 15 is 0 Å². The Hall–Kier alpha value is -2.43. The third kappa shape index (κ3) is 4.10. The Bertz CT molecular complexity index is 695. The zero-order valence-corrected chi connectivity index (χ0v) is 14.0. The number of rotatable bonds is 7. The average Bonchev–Trinajstić information content (AvgIpc) is 3.03. The minimum absolute atomic E-state index is 0.0895. The molecule has 0 saturated heterocycles. The summed E-state index contributed by atoms with van der Waals surface area (Å²) in [6.07, 6.45) is 3.89. The molecular weight excluding hydrogens is 296 g/mol. The largest absolute Gasteiger partial charge is 0.340 e. The van der Waals surface area contributed by atoms with Crippen LogP contribution in [0.1, 0.15) is 22.9 Å². The lowest BCUT2D eigenvalue weighted by atomic mass is 10.1. The standard InChI is InChI=1S/C20H24N4/c1-23-15-19(22-16-23)20(12-21)24(13-17-8-4-2-5-9-17)14-18-10-6-3-7-11-18/h2-11,15-16,20H,12-14,21H2,1H3. The molecule has 24 heavy (non-hydrogen) atoms. The third-order valence-electron chi connectivity index (χ3n) is 4.19. The van der Waals surface area contributed by atoms with Crippen molar-refractivity contribution in [3.05, 3.63) is 90.0 Å². The van der Waals surface area contributed by atoms with Crippen LogP contribution in [0.4, 0.5) is 0 Å². The number of benzene rings is 2. The van der Waals surface area contributed by atoms with Gasteiger partial charge in [0.1, 0.15) is 0 Å². The van der Waals surface area contributed by atoms with Gasteiger partial charge in [-0.05, 0) is 11.1 Å². The van der Waals surface area contributed by atoms with Gasteiger partial charge in [0.2, 0.25) is 0 Å². The molecule has 0 spiro atoms. The fourth-order valence-electron chi connectivity index (χ4n) is 2.97. The molecule has 0 fully saturated rings. The summed E-state index contributed by atoms with van der Waals surface area (Å²) < 4.78 is 1.97. The Balaban J connectivity index is 1.87. The zero-order valence-electron chi connectivity index (χ0n) is 14.0. The van der Waals surface area contributed by atoms with Gasteiger partial charge in [-0.25, -0.2) is 4.98 Å². The van der Waals surface area contributed by atoms with Gasteiger partial charge in [0.05, 0.1) is 18.1 Å². The second-order valence-electron chi connectivity index (χ2n) is 6.09. The van der Waals surface area contributed by atoms with Gasteiger partial charge in [-0.3, -0.25) is 4.90 Å². The van der Waals surface area contributed by atoms with Crippen LogP contribution in [0.2, 0.25) is 0 Å². The quantitative estimate of drug-likeness (QED) is 0.727. The molecule has 1 atom stereocenters. The Morgan fingerprint density at radius 2 is 1.50 bits per heavy atom. The van der Waals surface area contributed by atoms with Gasteiger partial charge in [-0.1, -0.05) is 60.7 Å². The summed E-state index contributed by atoms with van der Waals surface area (Å²) in [5, 5.41) is 0. The molecule has 124 valence electrons. The number of hydrogen-bond acceptors (Lipinski definition) is 3. The molecule has 0 saturated carbocycles. The van der Waals surface area contributed by atoms with Crippen LogP contribution >= 0.6 is 0 Å². The highest BCUT2D eigenvalue weighted by atomic mass is 15.2. The highest BCUT2D eigenvalue weighted by Crippen LogP contribution is 2.23. The Labute approximate surface area is 143 Å². The normalized spacial score (nSPS) is 12.5. The maximum Gasteiger partial charge on any atom is 0.0947 e. The zero-order chi connectivity index (χ0) is 16.8. The van der Waals surface area contributed by atoms with Gasteiger partial charge in [-0.2, -0.15) is 0 Å². The van der Waals surface area contributed by atoms with Crippen LogP contribution in [0.3, 0.4) is 0 Å². The molecule has 1 aromatic heterocycles. The summed E-state index contributed by atoms with van der Waals surface area (Å²) >= 11 is 0. The van der Waals surface area contributed by atoms with Crippen molar-refractivity contribution in [3.63, 3.8) is 0 Å². The fraction of sp³-hybridized carbons (Fsp3) is 0.250. The second-order valence-corrected chi connectivity index (χ2v) is 6.09. The van der Waals surface area contributed by atoms with Gasteiger partial charge >= 0.3 is 0 Å². The molecule has 1 unspecified atom stereocenters. The fourth-order valence-corrected chi connectivity index (χ4v) is 2.97. The first-order valence-electron chi connectivity index (χ1n) is 8.26. The van der Waals surface area contributed by atoms with Crippen molar-refractivity contribution in [1.29, 1.82) is 0 Å². The smallest absolute Gasteiger partial charge is 0.0947 e. The molecule has 0 amide bonds. The van der Waals surface area contributed by atoms with Crippen molar-refractivity contribution < 1.29 is 0 Å². The van der Waals surface area contributed by atoms with Gasteiger partial charge in [-0.15, -0.1) is 0 Å². The van der Waals surface area contributed by atoms with Gasteiger partial charge in [0.25, 0.3) is 0 Å². The molecule has 0 radical (unpaired) electrons. The van der Waals surface area contributed by atoms with E-state index in [9.17, 15) is 0 Å². The van der Waals surface area contributed by atoms with Crippen molar-refractivity contribution >= 4 is 0 Å². The van der Waals surface area contributed by atoms with E-state index in [1.165, 1.54) is 11.1 Å². The first-order chi connectivity index (χ1) is 11.8. The lowest BCUT2D eigenvalue weighted by Crippen LogP contribution is -2.33. The molecule has 4 nitrogen and oxygen atoms in total. The predicted molar refractivity (Wildman–Crippen MR) is 97.1 cm³/mol. The highest BCUT2D eigenvalue weighted by molar-refractivity contribution is 5.18. The van der Waals surface area contributed by atoms with Gasteiger partial charge in [0, 0.05) is 32.9 Å². The number of nitrogens with two attached hydrogens (primary N) is 1. The molecule has 0 aliphatic rings. The van der Waals surface area contributed by atoms with E-state index in [0.717, 1.165) is 18.8 Å². The van der Waals surface area contributed by atoms with Crippen molar-refractivity contribution in [2.75, 3.05) is 6.54 Å². The van der Waals surface area contributed by atoms with Crippen molar-refractivity contribution in [2.24, 2.45) is 12.8 Å². The molecular formula is C20H24N4. The van der Waals surface area contributed by atoms with E-state index in [1.807, 2.05) is 30.1 Å². The van der Waals surface area contributed by atoms with Crippen LogP contribution in [0.15, 0.2) is 73.2 Å². The van der Waals surface area contributed by atoms with Gasteiger partial charge in [0.15, 0.2) is 0 Å². The summed E-state index contributed by atoms with van der Waals surface area (Å²) in [4.78, 5) is 6.93. The van der Waals surface area contributed by atoms with E-state index < -0.39 is 0 Å². The monoisotopic (exact) mass is 320 g/mol. The molecule has 2 N–H and O–H groups in total. The molecule has 0 aliphatic carbocycles. The lowest BCUT2D eigenvalue weighted by molar-refractivity contribution is 0.180. The van der Waals surface area contributed by atoms with E-state index in [-0.39, 0.29) is 6.04 Å². The molecule has 3 aromatic rings. The molecule has 0 bridgehead atoms. The summed E-state index contributed by atoms with van der Waals surface area (Å²) in [5.41, 5.74) is 9.71. The van der Waals surface area contributed by atoms with Crippen LogP contribution in [0.25, 0.3) is 0 Å². The minimum Gasteiger partial charge on any atom is -0.340 e. The van der Waals surface area contributed by atoms with E-state index in [4.69, 9.17) is 5.73 Å². The van der Waals surface area contributed by atoms with Crippen LogP contribution in [-0.2, 0) is 20.1 Å². The average molecular weight is 320 g/mol. The first kappa shape index (κ1) is 16.4. The molecule has 2 aromatic carbocycles. The summed E-state index contributed by atoms with van der Waals surface area (Å²) in [7, 11) is 1.99. The number of hydrogen-bond donors (Lipinski definition) is 1. The van der Waals surface area contributed by atoms with E-state index in [2.05, 4.69) is 64.6 Å². The van der Waals surface area contributed by atoms with E-state index in [0.29, 0.717) is 6.54 Å². The lowest BCUT2D eigenvalue weighted by Gasteiger charge is -2.30. The first-order valence-corrected chi connectivity index (χ1v) is 8.26. The summed E-state index contributed by atoms with van der Waals surface area (Å²) in [5.74, 6) is 0. The summed E-state index contributed by atoms with van der Waals surface area (Å²) in [6, 6.07) is 21.1. The van der Waals surface area contributed by atoms with E-state index in [1.54, 1.807) is 0 Å². The number of imidazole rings is 1.